The smallest absolute Gasteiger partial charge is 0.343 e. The highest BCUT2D eigenvalue weighted by Gasteiger charge is 2.34. The minimum absolute atomic E-state index is 0.178. The summed E-state index contributed by atoms with van der Waals surface area (Å²) in [5.41, 5.74) is -1.63. The summed E-state index contributed by atoms with van der Waals surface area (Å²) < 4.78 is 51.0. The summed E-state index contributed by atoms with van der Waals surface area (Å²) in [6, 6.07) is 1.37. The van der Waals surface area contributed by atoms with E-state index in [9.17, 15) is 27.2 Å². The van der Waals surface area contributed by atoms with Gasteiger partial charge in [0.05, 0.1) is 5.56 Å². The van der Waals surface area contributed by atoms with Crippen LogP contribution >= 0.6 is 11.8 Å². The summed E-state index contributed by atoms with van der Waals surface area (Å²) in [6.07, 6.45) is -4.57. The second-order valence-corrected chi connectivity index (χ2v) is 5.78. The third-order valence-electron chi connectivity index (χ3n) is 2.95. The minimum atomic E-state index is -4.85. The molecule has 0 bridgehead atoms. The SMILES string of the molecule is O=C1CCSC[C@H](C(=O)Nc2ccc(F)c(C(F)(F)F)c2)N1. The highest BCUT2D eigenvalue weighted by molar-refractivity contribution is 7.99. The predicted octanol–water partition coefficient (Wildman–Crippen LogP) is 2.40. The molecule has 1 aliphatic heterocycles. The van der Waals surface area contributed by atoms with Crippen molar-refractivity contribution in [3.8, 4) is 0 Å². The predicted molar refractivity (Wildman–Crippen MR) is 73.9 cm³/mol. The van der Waals surface area contributed by atoms with Crippen LogP contribution in [0.4, 0.5) is 23.2 Å². The van der Waals surface area contributed by atoms with Crippen LogP contribution < -0.4 is 10.6 Å². The lowest BCUT2D eigenvalue weighted by Gasteiger charge is -2.16. The Morgan fingerprint density at radius 1 is 1.36 bits per heavy atom. The lowest BCUT2D eigenvalue weighted by molar-refractivity contribution is -0.140. The Hall–Kier alpha value is -1.77. The number of alkyl halides is 3. The lowest BCUT2D eigenvalue weighted by Crippen LogP contribution is -2.44. The van der Waals surface area contributed by atoms with Gasteiger partial charge in [-0.15, -0.1) is 0 Å². The first kappa shape index (κ1) is 16.6. The van der Waals surface area contributed by atoms with E-state index in [-0.39, 0.29) is 18.0 Å². The van der Waals surface area contributed by atoms with Crippen molar-refractivity contribution in [2.24, 2.45) is 0 Å². The second-order valence-electron chi connectivity index (χ2n) is 4.63. The molecule has 1 atom stereocenters. The summed E-state index contributed by atoms with van der Waals surface area (Å²) in [7, 11) is 0. The number of benzene rings is 1. The van der Waals surface area contributed by atoms with E-state index in [1.54, 1.807) is 0 Å². The van der Waals surface area contributed by atoms with E-state index >= 15 is 0 Å². The van der Waals surface area contributed by atoms with Gasteiger partial charge in [0.2, 0.25) is 11.8 Å². The molecule has 0 spiro atoms. The maximum Gasteiger partial charge on any atom is 0.419 e. The summed E-state index contributed by atoms with van der Waals surface area (Å²) in [4.78, 5) is 23.4. The molecule has 2 N–H and O–H groups in total. The standard InChI is InChI=1S/C13H12F4N2O2S/c14-9-2-1-7(5-8(9)13(15,16)17)18-12(21)10-6-22-4-3-11(20)19-10/h1-2,5,10H,3-4,6H2,(H,18,21)(H,19,20)/t10-/m1/s1. The molecule has 1 saturated heterocycles. The van der Waals surface area contributed by atoms with Crippen LogP contribution in [0.3, 0.4) is 0 Å². The molecule has 1 fully saturated rings. The zero-order valence-electron chi connectivity index (χ0n) is 11.2. The van der Waals surface area contributed by atoms with Gasteiger partial charge in [0.15, 0.2) is 0 Å². The Kier molecular flexibility index (Phi) is 4.94. The molecule has 1 heterocycles. The van der Waals surface area contributed by atoms with Crippen molar-refractivity contribution in [1.29, 1.82) is 0 Å². The molecular formula is C13H12F4N2O2S. The van der Waals surface area contributed by atoms with Gasteiger partial charge in [-0.05, 0) is 18.2 Å². The molecule has 1 aromatic rings. The van der Waals surface area contributed by atoms with Gasteiger partial charge in [-0.2, -0.15) is 24.9 Å². The van der Waals surface area contributed by atoms with Crippen LogP contribution in [0.2, 0.25) is 0 Å². The van der Waals surface area contributed by atoms with E-state index in [1.165, 1.54) is 11.8 Å². The second kappa shape index (κ2) is 6.55. The van der Waals surface area contributed by atoms with Crippen LogP contribution in [0, 0.1) is 5.82 Å². The normalized spacial score (nSPS) is 19.3. The largest absolute Gasteiger partial charge is 0.419 e. The molecule has 120 valence electrons. The molecule has 0 radical (unpaired) electrons. The van der Waals surface area contributed by atoms with Crippen molar-refractivity contribution in [2.45, 2.75) is 18.6 Å². The number of amides is 2. The van der Waals surface area contributed by atoms with E-state index in [2.05, 4.69) is 10.6 Å². The van der Waals surface area contributed by atoms with Gasteiger partial charge in [0, 0.05) is 23.6 Å². The van der Waals surface area contributed by atoms with Gasteiger partial charge in [0.1, 0.15) is 11.9 Å². The number of carbonyl (C=O) groups excluding carboxylic acids is 2. The quantitative estimate of drug-likeness (QED) is 0.816. The lowest BCUT2D eigenvalue weighted by atomic mass is 10.1. The molecule has 9 heteroatoms. The Labute approximate surface area is 127 Å². The Bertz CT molecular complexity index is 592. The van der Waals surface area contributed by atoms with Crippen LogP contribution in [0.1, 0.15) is 12.0 Å². The summed E-state index contributed by atoms with van der Waals surface area (Å²) in [6.45, 7) is 0. The maximum absolute atomic E-state index is 13.2. The Balaban J connectivity index is 2.13. The summed E-state index contributed by atoms with van der Waals surface area (Å²) in [5.74, 6) is -1.44. The van der Waals surface area contributed by atoms with Crippen LogP contribution in [0.15, 0.2) is 18.2 Å². The fraction of sp³-hybridized carbons (Fsp3) is 0.385. The van der Waals surface area contributed by atoms with Crippen LogP contribution in [-0.4, -0.2) is 29.4 Å². The van der Waals surface area contributed by atoms with Crippen molar-refractivity contribution in [3.63, 3.8) is 0 Å². The zero-order chi connectivity index (χ0) is 16.3. The average Bonchev–Trinajstić information content (AvgIpc) is 2.64. The molecule has 0 aliphatic carbocycles. The van der Waals surface area contributed by atoms with E-state index in [4.69, 9.17) is 0 Å². The zero-order valence-corrected chi connectivity index (χ0v) is 12.0. The fourth-order valence-corrected chi connectivity index (χ4v) is 2.83. The van der Waals surface area contributed by atoms with Crippen LogP contribution in [0.5, 0.6) is 0 Å². The number of nitrogens with one attached hydrogen (secondary N) is 2. The van der Waals surface area contributed by atoms with Gasteiger partial charge in [-0.25, -0.2) is 4.39 Å². The molecule has 2 rings (SSSR count). The molecule has 0 unspecified atom stereocenters. The van der Waals surface area contributed by atoms with Crippen molar-refractivity contribution in [3.05, 3.63) is 29.6 Å². The van der Waals surface area contributed by atoms with Crippen LogP contribution in [-0.2, 0) is 15.8 Å². The number of hydrogen-bond donors (Lipinski definition) is 2. The van der Waals surface area contributed by atoms with Crippen molar-refractivity contribution >= 4 is 29.3 Å². The molecule has 22 heavy (non-hydrogen) atoms. The Morgan fingerprint density at radius 2 is 2.09 bits per heavy atom. The number of rotatable bonds is 2. The van der Waals surface area contributed by atoms with Crippen molar-refractivity contribution in [1.82, 2.24) is 5.32 Å². The van der Waals surface area contributed by atoms with E-state index in [0.717, 1.165) is 6.07 Å². The number of carbonyl (C=O) groups is 2. The van der Waals surface area contributed by atoms with Crippen molar-refractivity contribution in [2.75, 3.05) is 16.8 Å². The monoisotopic (exact) mass is 336 g/mol. The van der Waals surface area contributed by atoms with Gasteiger partial charge in [-0.1, -0.05) is 0 Å². The number of halogens is 4. The third kappa shape index (κ3) is 4.12. The molecule has 4 nitrogen and oxygen atoms in total. The summed E-state index contributed by atoms with van der Waals surface area (Å²) >= 11 is 1.39. The van der Waals surface area contributed by atoms with E-state index < -0.39 is 29.5 Å². The molecular weight excluding hydrogens is 324 g/mol. The average molecular weight is 336 g/mol. The van der Waals surface area contributed by atoms with Gasteiger partial charge in [-0.3, -0.25) is 9.59 Å². The van der Waals surface area contributed by atoms with Crippen LogP contribution in [0.25, 0.3) is 0 Å². The molecule has 0 saturated carbocycles. The van der Waals surface area contributed by atoms with E-state index in [1.807, 2.05) is 0 Å². The molecule has 1 aromatic carbocycles. The van der Waals surface area contributed by atoms with Gasteiger partial charge < -0.3 is 10.6 Å². The van der Waals surface area contributed by atoms with Gasteiger partial charge in [0.25, 0.3) is 0 Å². The minimum Gasteiger partial charge on any atom is -0.343 e. The topological polar surface area (TPSA) is 58.2 Å². The van der Waals surface area contributed by atoms with Gasteiger partial charge >= 0.3 is 6.18 Å². The fourth-order valence-electron chi connectivity index (χ4n) is 1.87. The van der Waals surface area contributed by atoms with Crippen molar-refractivity contribution < 1.29 is 27.2 Å². The molecule has 1 aliphatic rings. The molecule has 0 aromatic heterocycles. The number of anilines is 1. The first-order chi connectivity index (χ1) is 10.3. The first-order valence-electron chi connectivity index (χ1n) is 6.32. The summed E-state index contributed by atoms with van der Waals surface area (Å²) in [5, 5.41) is 4.75. The number of hydrogen-bond acceptors (Lipinski definition) is 3. The highest BCUT2D eigenvalue weighted by Crippen LogP contribution is 2.33. The first-order valence-corrected chi connectivity index (χ1v) is 7.47. The third-order valence-corrected chi connectivity index (χ3v) is 4.01. The van der Waals surface area contributed by atoms with E-state index in [0.29, 0.717) is 23.6 Å². The highest BCUT2D eigenvalue weighted by atomic mass is 32.2. The number of thioether (sulfide) groups is 1. The maximum atomic E-state index is 13.2. The Morgan fingerprint density at radius 3 is 2.77 bits per heavy atom. The molecule has 2 amide bonds.